The van der Waals surface area contributed by atoms with Crippen LogP contribution >= 0.6 is 0 Å². The van der Waals surface area contributed by atoms with E-state index in [-0.39, 0.29) is 5.20 Å². The van der Waals surface area contributed by atoms with Crippen molar-refractivity contribution in [1.29, 1.82) is 0 Å². The molecule has 1 amide bonds. The number of primary amides is 1. The summed E-state index contributed by atoms with van der Waals surface area (Å²) in [5.74, 6) is -0.779. The third-order valence-electron chi connectivity index (χ3n) is 1.57. The molecule has 0 saturated carbocycles. The van der Waals surface area contributed by atoms with Gasteiger partial charge < -0.3 is 5.73 Å². The first-order valence-electron chi connectivity index (χ1n) is 4.04. The Bertz CT molecular complexity index is 390. The van der Waals surface area contributed by atoms with Crippen LogP contribution in [-0.4, -0.2) is 20.5 Å². The number of amides is 1. The van der Waals surface area contributed by atoms with Gasteiger partial charge in [0.1, 0.15) is 0 Å². The van der Waals surface area contributed by atoms with Gasteiger partial charge in [-0.1, -0.05) is 36.1 Å². The first-order valence-corrected chi connectivity index (χ1v) is 5.69. The van der Waals surface area contributed by atoms with Gasteiger partial charge in [-0.3, -0.25) is 0 Å². The molecule has 1 aromatic rings. The fourth-order valence-electron chi connectivity index (χ4n) is 0.886. The normalized spacial score (nSPS) is 9.07. The molecule has 0 saturated heterocycles. The molecule has 0 fully saturated rings. The second kappa shape index (κ2) is 5.06. The summed E-state index contributed by atoms with van der Waals surface area (Å²) < 4.78 is 0. The topological polar surface area (TPSA) is 78.6 Å². The zero-order valence-electron chi connectivity index (χ0n) is 7.80. The summed E-state index contributed by atoms with van der Waals surface area (Å²) >= 11 is 0. The van der Waals surface area contributed by atoms with Crippen molar-refractivity contribution in [1.82, 2.24) is 0 Å². The number of hydrogen-bond donors (Lipinski definition) is 1. The fourth-order valence-corrected chi connectivity index (χ4v) is 2.31. The van der Waals surface area contributed by atoms with E-state index in [1.165, 1.54) is 0 Å². The summed E-state index contributed by atoms with van der Waals surface area (Å²) in [5.41, 5.74) is 8.35. The average Bonchev–Trinajstić information content (AvgIpc) is 2.26. The van der Waals surface area contributed by atoms with Crippen molar-refractivity contribution < 1.29 is 19.4 Å². The van der Waals surface area contributed by atoms with Crippen LogP contribution in [0, 0.1) is 0 Å². The lowest BCUT2D eigenvalue weighted by molar-refractivity contribution is -0.223. The molecule has 0 bridgehead atoms. The largest absolute Gasteiger partial charge is 0.447 e. The van der Waals surface area contributed by atoms with E-state index in [1.807, 2.05) is 29.6 Å². The Morgan fingerprint density at radius 3 is 2.27 bits per heavy atom. The molecule has 6 heteroatoms. The van der Waals surface area contributed by atoms with Crippen molar-refractivity contribution in [3.8, 4) is 0 Å². The summed E-state index contributed by atoms with van der Waals surface area (Å²) in [4.78, 5) is 29.5. The summed E-state index contributed by atoms with van der Waals surface area (Å²) in [6.07, 6.45) is -1.17. The molecular weight excluding hydrogens is 214 g/mol. The van der Waals surface area contributed by atoms with Gasteiger partial charge in [-0.25, -0.2) is 19.4 Å². The van der Waals surface area contributed by atoms with Gasteiger partial charge in [0.05, 0.1) is 8.40 Å². The monoisotopic (exact) mass is 223 g/mol. The highest BCUT2D eigenvalue weighted by molar-refractivity contribution is 6.78. The average molecular weight is 223 g/mol. The first-order chi connectivity index (χ1) is 7.11. The van der Waals surface area contributed by atoms with Crippen LogP contribution in [0.1, 0.15) is 0 Å². The highest BCUT2D eigenvalue weighted by Crippen LogP contribution is 2.02. The third-order valence-corrected chi connectivity index (χ3v) is 3.57. The number of carbonyl (C=O) groups is 2. The van der Waals surface area contributed by atoms with E-state index in [1.54, 1.807) is 0 Å². The maximum atomic E-state index is 11.2. The summed E-state index contributed by atoms with van der Waals surface area (Å²) in [7, 11) is -1.27. The molecule has 1 heterocycles. The van der Waals surface area contributed by atoms with Crippen molar-refractivity contribution in [3.63, 3.8) is 0 Å². The molecule has 0 atom stereocenters. The Labute approximate surface area is 87.6 Å². The van der Waals surface area contributed by atoms with Crippen LogP contribution in [0.2, 0.25) is 0 Å². The van der Waals surface area contributed by atoms with Crippen LogP contribution in [0.3, 0.4) is 0 Å². The maximum Gasteiger partial charge on any atom is 0.447 e. The number of rotatable bonds is 2. The van der Waals surface area contributed by atoms with Crippen molar-refractivity contribution in [3.05, 3.63) is 36.1 Å². The standard InChI is InChI=1S/C9H9NO4Si/c1-7(8(11)13-14-9(10)12)15-5-3-2-4-6-15/h2-6H,1H2,(H2,10,12). The molecule has 0 radical (unpaired) electrons. The molecule has 0 aromatic carbocycles. The van der Waals surface area contributed by atoms with Gasteiger partial charge in [-0.05, 0) is 0 Å². The van der Waals surface area contributed by atoms with E-state index in [2.05, 4.69) is 22.1 Å². The van der Waals surface area contributed by atoms with Gasteiger partial charge in [-0.2, -0.15) is 0 Å². The van der Waals surface area contributed by atoms with E-state index < -0.39 is 20.5 Å². The molecule has 0 aliphatic heterocycles. The van der Waals surface area contributed by atoms with Crippen molar-refractivity contribution in [2.75, 3.05) is 0 Å². The zero-order chi connectivity index (χ0) is 11.3. The molecule has 1 aromatic heterocycles. The van der Waals surface area contributed by atoms with E-state index in [4.69, 9.17) is 0 Å². The van der Waals surface area contributed by atoms with Crippen LogP contribution in [-0.2, 0) is 14.6 Å². The van der Waals surface area contributed by atoms with E-state index in [9.17, 15) is 9.59 Å². The molecule has 0 aliphatic rings. The number of carbonyl (C=O) groups excluding carboxylic acids is 2. The minimum Gasteiger partial charge on any atom is -0.332 e. The Kier molecular flexibility index (Phi) is 3.75. The maximum absolute atomic E-state index is 11.2. The van der Waals surface area contributed by atoms with E-state index >= 15 is 0 Å². The predicted molar refractivity (Wildman–Crippen MR) is 54.5 cm³/mol. The molecular formula is C9H9NO4Si. The van der Waals surface area contributed by atoms with E-state index in [0.29, 0.717) is 0 Å². The lowest BCUT2D eigenvalue weighted by Gasteiger charge is -2.02. The minimum atomic E-state index is -1.27. The van der Waals surface area contributed by atoms with Gasteiger partial charge >= 0.3 is 12.1 Å². The molecule has 0 spiro atoms. The number of hydrogen-bond acceptors (Lipinski definition) is 4. The van der Waals surface area contributed by atoms with Crippen molar-refractivity contribution in [2.45, 2.75) is 0 Å². The van der Waals surface area contributed by atoms with Crippen molar-refractivity contribution >= 4 is 25.7 Å². The smallest absolute Gasteiger partial charge is 0.332 e. The Hall–Kier alpha value is -1.95. The summed E-state index contributed by atoms with van der Waals surface area (Å²) in [6, 6.07) is 5.48. The molecule has 78 valence electrons. The molecule has 0 aliphatic carbocycles. The van der Waals surface area contributed by atoms with Crippen molar-refractivity contribution in [2.24, 2.45) is 5.73 Å². The van der Waals surface area contributed by atoms with Gasteiger partial charge in [0.2, 0.25) is 0 Å². The molecule has 0 unspecified atom stereocenters. The molecule has 5 nitrogen and oxygen atoms in total. The van der Waals surface area contributed by atoms with Crippen LogP contribution in [0.5, 0.6) is 0 Å². The molecule has 2 N–H and O–H groups in total. The lowest BCUT2D eigenvalue weighted by Crippen LogP contribution is -2.19. The third kappa shape index (κ3) is 3.35. The quantitative estimate of drug-likeness (QED) is 0.347. The molecule has 15 heavy (non-hydrogen) atoms. The van der Waals surface area contributed by atoms with Crippen LogP contribution in [0.4, 0.5) is 4.79 Å². The molecule has 1 rings (SSSR count). The van der Waals surface area contributed by atoms with Gasteiger partial charge in [0, 0.05) is 5.20 Å². The Balaban J connectivity index is 2.62. The Morgan fingerprint density at radius 2 is 1.73 bits per heavy atom. The Morgan fingerprint density at radius 1 is 1.13 bits per heavy atom. The van der Waals surface area contributed by atoms with E-state index in [0.717, 1.165) is 0 Å². The van der Waals surface area contributed by atoms with Gasteiger partial charge in [0.15, 0.2) is 0 Å². The highest BCUT2D eigenvalue weighted by atomic mass is 28.2. The highest BCUT2D eigenvalue weighted by Gasteiger charge is 2.13. The fraction of sp³-hybridized carbons (Fsp3) is 0. The number of nitrogens with two attached hydrogens (primary N) is 1. The van der Waals surface area contributed by atoms with Gasteiger partial charge in [-0.15, -0.1) is 0 Å². The van der Waals surface area contributed by atoms with Gasteiger partial charge in [0.25, 0.3) is 0 Å². The summed E-state index contributed by atoms with van der Waals surface area (Å²) in [6.45, 7) is 3.58. The SMILES string of the molecule is C=C(C(=O)OOC(N)=O)[si]1ccccc1. The first kappa shape index (κ1) is 11.1. The predicted octanol–water partition coefficient (Wildman–Crippen LogP) is 0.736. The van der Waals surface area contributed by atoms with Crippen LogP contribution in [0.15, 0.2) is 36.1 Å². The zero-order valence-corrected chi connectivity index (χ0v) is 8.80. The second-order valence-electron chi connectivity index (χ2n) is 2.62. The van der Waals surface area contributed by atoms with Crippen LogP contribution < -0.4 is 5.73 Å². The summed E-state index contributed by atoms with van der Waals surface area (Å²) in [5, 5.41) is 0.266. The second-order valence-corrected chi connectivity index (χ2v) is 4.80. The van der Waals surface area contributed by atoms with Crippen LogP contribution in [0.25, 0.3) is 5.20 Å². The minimum absolute atomic E-state index is 0.266. The lowest BCUT2D eigenvalue weighted by atomic mass is 10.6.